The second kappa shape index (κ2) is 11.3. The molecule has 0 saturated carbocycles. The number of anilines is 3. The second-order valence-electron chi connectivity index (χ2n) is 10.6. The van der Waals surface area contributed by atoms with Gasteiger partial charge in [-0.25, -0.2) is 4.79 Å². The van der Waals surface area contributed by atoms with E-state index in [1.807, 2.05) is 26.8 Å². The number of hydrogen-bond donors (Lipinski definition) is 3. The van der Waals surface area contributed by atoms with Crippen LogP contribution in [0.25, 0.3) is 0 Å². The SMILES string of the molecule is CC(C)(C)c1cc(NC(=O)Nc2ccc(NC(=O)c3ccc(O[I-]C4CN5CCC4CC5)cn3)cc2)no1. The largest absolute Gasteiger partial charge is 0.359 e. The Bertz CT molecular complexity index is 1260. The number of benzene rings is 1. The maximum atomic E-state index is 12.6. The zero-order chi connectivity index (χ0) is 26.7. The molecule has 0 radical (unpaired) electrons. The van der Waals surface area contributed by atoms with E-state index in [0.29, 0.717) is 32.6 Å². The average Bonchev–Trinajstić information content (AvgIpc) is 3.39. The van der Waals surface area contributed by atoms with E-state index in [1.165, 1.54) is 25.9 Å². The minimum absolute atomic E-state index is 0.205. The van der Waals surface area contributed by atoms with E-state index < -0.39 is 27.7 Å². The van der Waals surface area contributed by atoms with E-state index in [0.717, 1.165) is 18.2 Å². The van der Waals surface area contributed by atoms with Gasteiger partial charge in [-0.2, -0.15) is 0 Å². The van der Waals surface area contributed by atoms with E-state index in [4.69, 9.17) is 7.59 Å². The number of hydrogen-bond acceptors (Lipinski definition) is 7. The number of amides is 3. The molecule has 3 N–H and O–H groups in total. The molecule has 6 rings (SSSR count). The molecule has 5 heterocycles. The number of fused-ring (bicyclic) bond motifs is 3. The molecule has 38 heavy (non-hydrogen) atoms. The number of nitrogens with zero attached hydrogens (tertiary/aromatic N) is 3. The molecule has 1 unspecified atom stereocenters. The van der Waals surface area contributed by atoms with Gasteiger partial charge in [0.1, 0.15) is 5.76 Å². The minimum Gasteiger partial charge on any atom is -0.359 e. The molecule has 202 valence electrons. The fraction of sp³-hybridized carbons (Fsp3) is 0.407. The summed E-state index contributed by atoms with van der Waals surface area (Å²) in [7, 11) is 0. The number of rotatable bonds is 7. The maximum absolute atomic E-state index is 12.6. The summed E-state index contributed by atoms with van der Waals surface area (Å²) in [5.41, 5.74) is 1.25. The van der Waals surface area contributed by atoms with Crippen LogP contribution in [0.2, 0.25) is 0 Å². The molecule has 0 aliphatic carbocycles. The molecule has 1 aromatic carbocycles. The van der Waals surface area contributed by atoms with E-state index in [1.54, 1.807) is 42.6 Å². The van der Waals surface area contributed by atoms with Gasteiger partial charge in [-0.15, -0.1) is 0 Å². The molecule has 2 aromatic heterocycles. The zero-order valence-corrected chi connectivity index (χ0v) is 23.8. The van der Waals surface area contributed by atoms with Gasteiger partial charge in [0, 0.05) is 11.5 Å². The van der Waals surface area contributed by atoms with Gasteiger partial charge in [0.05, 0.1) is 0 Å². The van der Waals surface area contributed by atoms with Gasteiger partial charge in [-0.1, -0.05) is 25.9 Å². The van der Waals surface area contributed by atoms with E-state index in [9.17, 15) is 9.59 Å². The summed E-state index contributed by atoms with van der Waals surface area (Å²) in [4.78, 5) is 31.8. The van der Waals surface area contributed by atoms with Gasteiger partial charge >= 0.3 is 170 Å². The van der Waals surface area contributed by atoms with Crippen molar-refractivity contribution in [3.8, 4) is 5.75 Å². The van der Waals surface area contributed by atoms with Crippen molar-refractivity contribution in [2.75, 3.05) is 35.6 Å². The molecule has 3 saturated heterocycles. The van der Waals surface area contributed by atoms with Crippen molar-refractivity contribution >= 4 is 29.1 Å². The van der Waals surface area contributed by atoms with Crippen molar-refractivity contribution < 1.29 is 38.8 Å². The molecule has 3 fully saturated rings. The Morgan fingerprint density at radius 1 is 1.03 bits per heavy atom. The molecule has 3 aromatic rings. The van der Waals surface area contributed by atoms with E-state index in [2.05, 4.69) is 31.0 Å². The molecule has 2 bridgehead atoms. The second-order valence-corrected chi connectivity index (χ2v) is 13.2. The maximum Gasteiger partial charge on any atom is -0.0616 e. The first kappa shape index (κ1) is 26.4. The molecule has 10 nitrogen and oxygen atoms in total. The number of halogens is 1. The number of aromatic nitrogens is 2. The number of alkyl halides is 1. The quantitative estimate of drug-likeness (QED) is 0.269. The summed E-state index contributed by atoms with van der Waals surface area (Å²) in [6.07, 6.45) is 4.20. The fourth-order valence-electron chi connectivity index (χ4n) is 4.46. The van der Waals surface area contributed by atoms with Crippen LogP contribution in [0.5, 0.6) is 5.75 Å². The fourth-order valence-corrected chi connectivity index (χ4v) is 7.19. The molecular weight excluding hydrogens is 599 g/mol. The normalized spacial score (nSPS) is 20.7. The minimum atomic E-state index is -0.446. The third-order valence-corrected chi connectivity index (χ3v) is 9.51. The van der Waals surface area contributed by atoms with Crippen LogP contribution in [0.4, 0.5) is 22.0 Å². The number of nitrogens with one attached hydrogen (secondary N) is 3. The predicted molar refractivity (Wildman–Crippen MR) is 140 cm³/mol. The van der Waals surface area contributed by atoms with Crippen molar-refractivity contribution in [3.63, 3.8) is 0 Å². The Balaban J connectivity index is 1.08. The van der Waals surface area contributed by atoms with Crippen LogP contribution in [-0.2, 0) is 5.41 Å². The van der Waals surface area contributed by atoms with Crippen LogP contribution < -0.4 is 40.6 Å². The van der Waals surface area contributed by atoms with Crippen molar-refractivity contribution in [2.45, 2.75) is 43.0 Å². The van der Waals surface area contributed by atoms with Crippen molar-refractivity contribution in [1.82, 2.24) is 15.0 Å². The number of piperidine rings is 3. The molecule has 3 aliphatic rings. The summed E-state index contributed by atoms with van der Waals surface area (Å²) in [5.74, 6) is 2.22. The van der Waals surface area contributed by atoms with Crippen LogP contribution in [0.3, 0.4) is 0 Å². The Kier molecular flexibility index (Phi) is 7.84. The van der Waals surface area contributed by atoms with Crippen LogP contribution in [0, 0.1) is 5.92 Å². The number of pyridine rings is 1. The first-order valence-electron chi connectivity index (χ1n) is 12.7. The van der Waals surface area contributed by atoms with E-state index in [-0.39, 0.29) is 11.3 Å². The molecule has 3 amide bonds. The molecule has 0 spiro atoms. The summed E-state index contributed by atoms with van der Waals surface area (Å²) >= 11 is -0.411. The Morgan fingerprint density at radius 2 is 1.74 bits per heavy atom. The standard InChI is InChI=1S/C27H32IN6O4/c1-27(2,3)23-14-24(33-38-23)32-26(36)31-19-6-4-18(5-7-19)30-25(35)22-9-8-20(15-29-22)37-28-21-16-34-12-10-17(21)11-13-34/h4-9,14-15,17,21H,10-13,16H2,1-3H3,(H,30,35)(H2,31,32,33,36)/q-1. The van der Waals surface area contributed by atoms with Gasteiger partial charge in [0.15, 0.2) is 5.82 Å². The number of urea groups is 1. The summed E-state index contributed by atoms with van der Waals surface area (Å²) in [6, 6.07) is 11.5. The zero-order valence-electron chi connectivity index (χ0n) is 21.7. The van der Waals surface area contributed by atoms with Crippen molar-refractivity contribution in [1.29, 1.82) is 0 Å². The van der Waals surface area contributed by atoms with E-state index >= 15 is 0 Å². The molecule has 11 heteroatoms. The topological polar surface area (TPSA) is 122 Å². The van der Waals surface area contributed by atoms with Gasteiger partial charge in [0.25, 0.3) is 0 Å². The summed E-state index contributed by atoms with van der Waals surface area (Å²) in [5, 5.41) is 12.1. The number of carbonyl (C=O) groups is 2. The van der Waals surface area contributed by atoms with Gasteiger partial charge in [-0.3, -0.25) is 5.32 Å². The first-order chi connectivity index (χ1) is 18.2. The van der Waals surface area contributed by atoms with Crippen LogP contribution in [0.1, 0.15) is 49.9 Å². The molecule has 1 atom stereocenters. The third-order valence-electron chi connectivity index (χ3n) is 6.68. The van der Waals surface area contributed by atoms with Gasteiger partial charge in [-0.05, 0) is 0 Å². The van der Waals surface area contributed by atoms with Crippen molar-refractivity contribution in [2.24, 2.45) is 5.92 Å². The Hall–Kier alpha value is -3.19. The van der Waals surface area contributed by atoms with Crippen LogP contribution >= 0.6 is 0 Å². The third kappa shape index (κ3) is 6.62. The smallest absolute Gasteiger partial charge is 0.0616 e. The molecule has 3 aliphatic heterocycles. The van der Waals surface area contributed by atoms with Crippen molar-refractivity contribution in [3.05, 3.63) is 60.1 Å². The predicted octanol–water partition coefficient (Wildman–Crippen LogP) is 1.74. The summed E-state index contributed by atoms with van der Waals surface area (Å²) < 4.78 is 12.0. The number of carbonyl (C=O) groups excluding carboxylic acids is 2. The Labute approximate surface area is 232 Å². The first-order valence-corrected chi connectivity index (χ1v) is 14.8. The Morgan fingerprint density at radius 3 is 2.32 bits per heavy atom. The van der Waals surface area contributed by atoms with Crippen LogP contribution in [-0.4, -0.2) is 50.5 Å². The average molecular weight is 631 g/mol. The van der Waals surface area contributed by atoms with Crippen LogP contribution in [0.15, 0.2) is 53.2 Å². The monoisotopic (exact) mass is 631 g/mol. The molecular formula is C27H32IN6O4-. The van der Waals surface area contributed by atoms with Gasteiger partial charge < -0.3 is 4.52 Å². The summed E-state index contributed by atoms with van der Waals surface area (Å²) in [6.45, 7) is 9.61. The van der Waals surface area contributed by atoms with Gasteiger partial charge in [0.2, 0.25) is 0 Å².